The summed E-state index contributed by atoms with van der Waals surface area (Å²) in [5.74, 6) is 0. The van der Waals surface area contributed by atoms with Crippen LogP contribution in [0.5, 0.6) is 0 Å². The zero-order valence-electron chi connectivity index (χ0n) is 10.3. The molecule has 1 N–H and O–H groups in total. The van der Waals surface area contributed by atoms with Crippen LogP contribution in [0.1, 0.15) is 31.7 Å². The van der Waals surface area contributed by atoms with E-state index in [1.54, 1.807) is 0 Å². The van der Waals surface area contributed by atoms with E-state index in [1.165, 1.54) is 11.5 Å². The third kappa shape index (κ3) is 2.77. The van der Waals surface area contributed by atoms with E-state index in [9.17, 15) is 0 Å². The Balaban J connectivity index is 2.03. The molecule has 0 atom stereocenters. The van der Waals surface area contributed by atoms with Crippen molar-refractivity contribution in [2.24, 2.45) is 5.41 Å². The van der Waals surface area contributed by atoms with Gasteiger partial charge in [0.25, 0.3) is 0 Å². The maximum Gasteiger partial charge on any atom is 0.162 e. The van der Waals surface area contributed by atoms with E-state index in [0.717, 1.165) is 44.0 Å². The van der Waals surface area contributed by atoms with E-state index in [2.05, 4.69) is 22.7 Å². The van der Waals surface area contributed by atoms with Gasteiger partial charge in [-0.2, -0.15) is 9.64 Å². The van der Waals surface area contributed by atoms with Crippen molar-refractivity contribution in [1.29, 1.82) is 5.26 Å². The van der Waals surface area contributed by atoms with Crippen molar-refractivity contribution >= 4 is 28.1 Å². The van der Waals surface area contributed by atoms with Crippen LogP contribution in [0, 0.1) is 16.7 Å². The van der Waals surface area contributed by atoms with E-state index in [-0.39, 0.29) is 5.41 Å². The highest BCUT2D eigenvalue weighted by molar-refractivity contribution is 7.10. The summed E-state index contributed by atoms with van der Waals surface area (Å²) in [6, 6.07) is 2.09. The van der Waals surface area contributed by atoms with Gasteiger partial charge in [0.1, 0.15) is 16.6 Å². The molecule has 0 aromatic carbocycles. The van der Waals surface area contributed by atoms with Gasteiger partial charge in [-0.25, -0.2) is 0 Å². The van der Waals surface area contributed by atoms with Crippen molar-refractivity contribution < 1.29 is 4.74 Å². The highest BCUT2D eigenvalue weighted by Crippen LogP contribution is 2.35. The topological polar surface area (TPSA) is 57.9 Å². The van der Waals surface area contributed by atoms with Crippen molar-refractivity contribution in [1.82, 2.24) is 4.37 Å². The Hall–Kier alpha value is -0.830. The fourth-order valence-electron chi connectivity index (χ4n) is 2.22. The zero-order chi connectivity index (χ0) is 13.0. The van der Waals surface area contributed by atoms with Gasteiger partial charge < -0.3 is 10.1 Å². The number of hydrogen-bond acceptors (Lipinski definition) is 5. The number of nitriles is 1. The average Bonchev–Trinajstić information content (AvgIpc) is 2.78. The summed E-state index contributed by atoms with van der Waals surface area (Å²) in [5, 5.41) is 13.4. The Bertz CT molecular complexity index is 449. The molecule has 0 saturated carbocycles. The maximum atomic E-state index is 9.02. The van der Waals surface area contributed by atoms with Gasteiger partial charge in [0.15, 0.2) is 5.15 Å². The van der Waals surface area contributed by atoms with Crippen molar-refractivity contribution in [3.63, 3.8) is 0 Å². The highest BCUT2D eigenvalue weighted by atomic mass is 35.5. The number of ether oxygens (including phenoxy) is 1. The molecule has 2 rings (SSSR count). The zero-order valence-corrected chi connectivity index (χ0v) is 11.9. The molecule has 18 heavy (non-hydrogen) atoms. The third-order valence-electron chi connectivity index (χ3n) is 3.69. The van der Waals surface area contributed by atoms with Crippen molar-refractivity contribution in [2.75, 3.05) is 25.1 Å². The van der Waals surface area contributed by atoms with Gasteiger partial charge in [0.2, 0.25) is 0 Å². The smallest absolute Gasteiger partial charge is 0.162 e. The molecule has 1 aliphatic heterocycles. The fraction of sp³-hybridized carbons (Fsp3) is 0.667. The summed E-state index contributed by atoms with van der Waals surface area (Å²) in [6.07, 6.45) is 3.23. The lowest BCUT2D eigenvalue weighted by molar-refractivity contribution is 0.0192. The summed E-state index contributed by atoms with van der Waals surface area (Å²) in [7, 11) is 0. The Morgan fingerprint density at radius 3 is 2.89 bits per heavy atom. The van der Waals surface area contributed by atoms with Crippen LogP contribution in [0.25, 0.3) is 0 Å². The average molecular weight is 286 g/mol. The lowest BCUT2D eigenvalue weighted by Crippen LogP contribution is -2.35. The molecule has 0 spiro atoms. The second kappa shape index (κ2) is 5.87. The lowest BCUT2D eigenvalue weighted by atomic mass is 9.78. The molecule has 0 unspecified atom stereocenters. The first-order chi connectivity index (χ1) is 8.71. The summed E-state index contributed by atoms with van der Waals surface area (Å²) in [6.45, 7) is 4.70. The van der Waals surface area contributed by atoms with Crippen LogP contribution in [-0.4, -0.2) is 24.1 Å². The second-order valence-corrected chi connectivity index (χ2v) is 5.74. The Labute approximate surface area is 116 Å². The van der Waals surface area contributed by atoms with Crippen LogP contribution in [0.4, 0.5) is 5.00 Å². The first-order valence-corrected chi connectivity index (χ1v) is 7.23. The van der Waals surface area contributed by atoms with Gasteiger partial charge >= 0.3 is 0 Å². The molecule has 4 nitrogen and oxygen atoms in total. The molecule has 1 aromatic rings. The van der Waals surface area contributed by atoms with Gasteiger partial charge in [-0.15, -0.1) is 0 Å². The number of nitrogens with one attached hydrogen (secondary N) is 1. The third-order valence-corrected chi connectivity index (χ3v) is 4.87. The monoisotopic (exact) mass is 285 g/mol. The number of halogens is 1. The predicted molar refractivity (Wildman–Crippen MR) is 73.1 cm³/mol. The Morgan fingerprint density at radius 1 is 1.56 bits per heavy atom. The van der Waals surface area contributed by atoms with Gasteiger partial charge in [0.05, 0.1) is 0 Å². The van der Waals surface area contributed by atoms with Crippen molar-refractivity contribution in [2.45, 2.75) is 26.2 Å². The number of nitrogens with zero attached hydrogens (tertiary/aromatic N) is 2. The fourth-order valence-corrected chi connectivity index (χ4v) is 3.15. The Morgan fingerprint density at radius 2 is 2.28 bits per heavy atom. The maximum absolute atomic E-state index is 9.02. The minimum Gasteiger partial charge on any atom is -0.381 e. The van der Waals surface area contributed by atoms with Crippen molar-refractivity contribution in [3.05, 3.63) is 10.7 Å². The van der Waals surface area contributed by atoms with Gasteiger partial charge in [-0.1, -0.05) is 18.5 Å². The lowest BCUT2D eigenvalue weighted by Gasteiger charge is -2.36. The molecular weight excluding hydrogens is 270 g/mol. The van der Waals surface area contributed by atoms with Crippen LogP contribution in [0.15, 0.2) is 0 Å². The first-order valence-electron chi connectivity index (χ1n) is 6.08. The first kappa shape index (κ1) is 13.6. The van der Waals surface area contributed by atoms with Crippen LogP contribution in [0.2, 0.25) is 5.15 Å². The Kier molecular flexibility index (Phi) is 4.44. The molecule has 98 valence electrons. The number of hydrogen-bond donors (Lipinski definition) is 1. The highest BCUT2D eigenvalue weighted by Gasteiger charge is 2.31. The van der Waals surface area contributed by atoms with Crippen molar-refractivity contribution in [3.8, 4) is 6.07 Å². The quantitative estimate of drug-likeness (QED) is 0.922. The standard InChI is InChI=1S/C12H16ClN3OS/c1-2-12(3-5-17-6-4-12)8-15-11-9(7-14)10(13)16-18-11/h15H,2-6,8H2,1H3. The van der Waals surface area contributed by atoms with E-state index in [0.29, 0.717) is 10.7 Å². The van der Waals surface area contributed by atoms with Gasteiger partial charge in [0, 0.05) is 19.8 Å². The van der Waals surface area contributed by atoms with E-state index < -0.39 is 0 Å². The largest absolute Gasteiger partial charge is 0.381 e. The van der Waals surface area contributed by atoms with Crippen LogP contribution in [-0.2, 0) is 4.74 Å². The molecule has 0 bridgehead atoms. The molecular formula is C12H16ClN3OS. The molecule has 0 radical (unpaired) electrons. The SMILES string of the molecule is CCC1(CNc2snc(Cl)c2C#N)CCOCC1. The minimum atomic E-state index is 0.265. The summed E-state index contributed by atoms with van der Waals surface area (Å²) >= 11 is 7.10. The van der Waals surface area contributed by atoms with Crippen LogP contribution < -0.4 is 5.32 Å². The normalized spacial score (nSPS) is 18.3. The summed E-state index contributed by atoms with van der Waals surface area (Å²) in [4.78, 5) is 0. The number of rotatable bonds is 4. The van der Waals surface area contributed by atoms with Gasteiger partial charge in [-0.3, -0.25) is 0 Å². The van der Waals surface area contributed by atoms with Gasteiger partial charge in [-0.05, 0) is 36.2 Å². The molecule has 1 aromatic heterocycles. The predicted octanol–water partition coefficient (Wildman–Crippen LogP) is 3.29. The molecule has 6 heteroatoms. The number of anilines is 1. The molecule has 0 amide bonds. The van der Waals surface area contributed by atoms with E-state index in [4.69, 9.17) is 21.6 Å². The van der Waals surface area contributed by atoms with Crippen LogP contribution in [0.3, 0.4) is 0 Å². The molecule has 0 aliphatic carbocycles. The molecule has 2 heterocycles. The summed E-state index contributed by atoms with van der Waals surface area (Å²) in [5.41, 5.74) is 0.724. The second-order valence-electron chi connectivity index (χ2n) is 4.61. The molecule has 1 saturated heterocycles. The van der Waals surface area contributed by atoms with Crippen LogP contribution >= 0.6 is 23.1 Å². The molecule has 1 fully saturated rings. The summed E-state index contributed by atoms with van der Waals surface area (Å²) < 4.78 is 9.41. The van der Waals surface area contributed by atoms with E-state index in [1.807, 2.05) is 0 Å². The molecule has 1 aliphatic rings. The number of aromatic nitrogens is 1. The van der Waals surface area contributed by atoms with E-state index >= 15 is 0 Å². The minimum absolute atomic E-state index is 0.265.